The number of rotatable bonds is 11. The number of para-hydroxylation sites is 1. The number of ether oxygens (including phenoxy) is 1. The summed E-state index contributed by atoms with van der Waals surface area (Å²) in [6.07, 6.45) is 2.58. The normalized spacial score (nSPS) is 12.8. The van der Waals surface area contributed by atoms with Crippen LogP contribution in [0.1, 0.15) is 65.7 Å². The van der Waals surface area contributed by atoms with Crippen LogP contribution in [0, 0.1) is 24.6 Å². The number of aryl methyl sites for hydroxylation is 1. The number of benzene rings is 2. The van der Waals surface area contributed by atoms with E-state index in [-0.39, 0.29) is 23.6 Å². The van der Waals surface area contributed by atoms with Crippen LogP contribution in [0.2, 0.25) is 0 Å². The molecule has 10 nitrogen and oxygen atoms in total. The smallest absolute Gasteiger partial charge is 0.355 e. The average molecular weight is 686 g/mol. The maximum atomic E-state index is 14.8. The molecule has 0 radical (unpaired) electrons. The van der Waals surface area contributed by atoms with Gasteiger partial charge in [0.15, 0.2) is 39.2 Å². The van der Waals surface area contributed by atoms with Crippen molar-refractivity contribution in [1.82, 2.24) is 25.5 Å². The highest BCUT2D eigenvalue weighted by Crippen LogP contribution is 2.39. The Kier molecular flexibility index (Phi) is 9.86. The molecule has 13 heteroatoms. The predicted octanol–water partition coefficient (Wildman–Crippen LogP) is 7.27. The van der Waals surface area contributed by atoms with Gasteiger partial charge in [0.05, 0.1) is 22.4 Å². The van der Waals surface area contributed by atoms with Crippen LogP contribution in [0.25, 0.3) is 10.2 Å². The molecule has 0 amide bonds. The van der Waals surface area contributed by atoms with Crippen molar-refractivity contribution in [3.8, 4) is 17.6 Å². The second-order valence-electron chi connectivity index (χ2n) is 11.9. The Balaban J connectivity index is 1.12. The van der Waals surface area contributed by atoms with Gasteiger partial charge in [-0.05, 0) is 83.3 Å². The van der Waals surface area contributed by atoms with Crippen molar-refractivity contribution in [1.29, 1.82) is 0 Å². The summed E-state index contributed by atoms with van der Waals surface area (Å²) in [7, 11) is 0. The molecule has 0 saturated heterocycles. The molecule has 6 rings (SSSR count). The van der Waals surface area contributed by atoms with Crippen LogP contribution >= 0.6 is 22.7 Å². The summed E-state index contributed by atoms with van der Waals surface area (Å²) < 4.78 is 21.6. The van der Waals surface area contributed by atoms with Crippen LogP contribution in [-0.4, -0.2) is 56.5 Å². The molecule has 1 aliphatic rings. The largest absolute Gasteiger partial charge is 0.491 e. The summed E-state index contributed by atoms with van der Waals surface area (Å²) in [5.74, 6) is 6.01. The van der Waals surface area contributed by atoms with Crippen molar-refractivity contribution >= 4 is 60.8 Å². The Bertz CT molecular complexity index is 2000. The zero-order valence-electron chi connectivity index (χ0n) is 27.2. The lowest BCUT2D eigenvalue weighted by atomic mass is 10.0. The molecular formula is C35H36FN7O3S2. The fourth-order valence-corrected chi connectivity index (χ4v) is 7.51. The lowest BCUT2D eigenvalue weighted by Crippen LogP contribution is -2.37. The van der Waals surface area contributed by atoms with E-state index in [1.807, 2.05) is 56.9 Å². The number of halogens is 1. The molecule has 5 aromatic rings. The molecular weight excluding hydrogens is 650 g/mol. The van der Waals surface area contributed by atoms with Gasteiger partial charge < -0.3 is 25.4 Å². The molecule has 0 spiro atoms. The number of hydrogen-bond donors (Lipinski definition) is 3. The second kappa shape index (κ2) is 14.2. The van der Waals surface area contributed by atoms with Gasteiger partial charge >= 0.3 is 5.97 Å². The third kappa shape index (κ3) is 7.41. The number of anilines is 4. The topological polar surface area (TPSA) is 125 Å². The Morgan fingerprint density at radius 3 is 2.77 bits per heavy atom. The first kappa shape index (κ1) is 33.3. The molecule has 0 atom stereocenters. The average Bonchev–Trinajstić information content (AvgIpc) is 3.68. The van der Waals surface area contributed by atoms with E-state index in [9.17, 15) is 14.3 Å². The third-order valence-corrected chi connectivity index (χ3v) is 9.99. The highest BCUT2D eigenvalue weighted by atomic mass is 32.1. The minimum absolute atomic E-state index is 0.00974. The number of carboxylic acid groups (broad SMARTS) is 1. The van der Waals surface area contributed by atoms with Gasteiger partial charge in [-0.25, -0.2) is 19.2 Å². The summed E-state index contributed by atoms with van der Waals surface area (Å²) in [6.45, 7) is 9.61. The standard InChI is InChI=1S/C35H36FN7O3S2/c1-5-37-35(3,4)17-16-22-14-15-26(24(36)20-22)46-19-9-13-28-29(32(44)45)39-34(48-28)43-18-8-10-23-21(2)30(41-42-31(23)43)40-33-38-25-11-6-7-12-27(25)47-33/h6-7,11-12,14-15,20,37H,5,8-10,13,18-19H2,1-4H3,(H,44,45)(H,38,40,41). The molecule has 0 unspecified atom stereocenters. The van der Waals surface area contributed by atoms with E-state index < -0.39 is 11.8 Å². The van der Waals surface area contributed by atoms with Crippen molar-refractivity contribution in [2.24, 2.45) is 0 Å². The lowest BCUT2D eigenvalue weighted by molar-refractivity contribution is 0.0690. The Hall–Kier alpha value is -4.64. The van der Waals surface area contributed by atoms with Gasteiger partial charge in [-0.15, -0.1) is 21.5 Å². The van der Waals surface area contributed by atoms with Crippen molar-refractivity contribution in [2.75, 3.05) is 29.9 Å². The first-order valence-corrected chi connectivity index (χ1v) is 17.4. The minimum atomic E-state index is -1.09. The Morgan fingerprint density at radius 2 is 2.00 bits per heavy atom. The van der Waals surface area contributed by atoms with E-state index >= 15 is 0 Å². The molecule has 1 aliphatic heterocycles. The SMILES string of the molecule is CCNC(C)(C)C#Cc1ccc(OCCCc2sc(N3CCCc4c3nnc(Nc3nc5ccccc5s3)c4C)nc2C(=O)O)c(F)c1. The second-order valence-corrected chi connectivity index (χ2v) is 14.0. The van der Waals surface area contributed by atoms with E-state index in [0.717, 1.165) is 45.9 Å². The van der Waals surface area contributed by atoms with Crippen LogP contribution in [0.15, 0.2) is 42.5 Å². The molecule has 248 valence electrons. The predicted molar refractivity (Wildman–Crippen MR) is 189 cm³/mol. The number of carbonyl (C=O) groups is 1. The fraction of sp³-hybridized carbons (Fsp3) is 0.343. The number of carboxylic acids is 1. The van der Waals surface area contributed by atoms with Crippen LogP contribution < -0.4 is 20.3 Å². The number of fused-ring (bicyclic) bond motifs is 2. The summed E-state index contributed by atoms with van der Waals surface area (Å²) in [5.41, 5.74) is 3.13. The van der Waals surface area contributed by atoms with E-state index in [1.54, 1.807) is 23.5 Å². The molecule has 0 bridgehead atoms. The number of aromatic carboxylic acids is 1. The molecule has 2 aromatic carbocycles. The maximum absolute atomic E-state index is 14.8. The number of aromatic nitrogens is 4. The molecule has 3 aromatic heterocycles. The summed E-state index contributed by atoms with van der Waals surface area (Å²) >= 11 is 2.88. The fourth-order valence-electron chi connectivity index (χ4n) is 5.53. The van der Waals surface area contributed by atoms with E-state index in [1.165, 1.54) is 17.4 Å². The highest BCUT2D eigenvalue weighted by molar-refractivity contribution is 7.22. The van der Waals surface area contributed by atoms with E-state index in [4.69, 9.17) is 4.74 Å². The number of nitrogens with one attached hydrogen (secondary N) is 2. The quantitative estimate of drug-likeness (QED) is 0.0966. The van der Waals surface area contributed by atoms with Gasteiger partial charge in [0, 0.05) is 28.1 Å². The van der Waals surface area contributed by atoms with Gasteiger partial charge in [0.25, 0.3) is 0 Å². The van der Waals surface area contributed by atoms with Gasteiger partial charge in [-0.1, -0.05) is 42.2 Å². The Labute approximate surface area is 286 Å². The zero-order valence-corrected chi connectivity index (χ0v) is 28.8. The monoisotopic (exact) mass is 685 g/mol. The van der Waals surface area contributed by atoms with Gasteiger partial charge in [-0.2, -0.15) is 0 Å². The molecule has 0 fully saturated rings. The van der Waals surface area contributed by atoms with E-state index in [0.29, 0.717) is 46.6 Å². The highest BCUT2D eigenvalue weighted by Gasteiger charge is 2.28. The van der Waals surface area contributed by atoms with Crippen molar-refractivity contribution in [3.63, 3.8) is 0 Å². The number of nitrogens with zero attached hydrogens (tertiary/aromatic N) is 5. The van der Waals surface area contributed by atoms with Gasteiger partial charge in [0.1, 0.15) is 0 Å². The molecule has 48 heavy (non-hydrogen) atoms. The summed E-state index contributed by atoms with van der Waals surface area (Å²) in [4.78, 5) is 23.9. The van der Waals surface area contributed by atoms with Crippen LogP contribution in [-0.2, 0) is 12.8 Å². The molecule has 0 saturated carbocycles. The molecule has 4 heterocycles. The third-order valence-electron chi connectivity index (χ3n) is 7.90. The Morgan fingerprint density at radius 1 is 1.17 bits per heavy atom. The number of hydrogen-bond acceptors (Lipinski definition) is 11. The van der Waals surface area contributed by atoms with Crippen LogP contribution in [0.4, 0.5) is 26.3 Å². The van der Waals surface area contributed by atoms with Crippen molar-refractivity contribution in [3.05, 3.63) is 75.5 Å². The summed E-state index contributed by atoms with van der Waals surface area (Å²) in [5, 5.41) is 26.9. The van der Waals surface area contributed by atoms with Crippen molar-refractivity contribution < 1.29 is 19.0 Å². The molecule has 3 N–H and O–H groups in total. The first-order valence-electron chi connectivity index (χ1n) is 15.8. The first-order chi connectivity index (χ1) is 23.1. The maximum Gasteiger partial charge on any atom is 0.355 e. The lowest BCUT2D eigenvalue weighted by Gasteiger charge is -2.28. The van der Waals surface area contributed by atoms with E-state index in [2.05, 4.69) is 42.6 Å². The zero-order chi connectivity index (χ0) is 33.8. The van der Waals surface area contributed by atoms with Crippen LogP contribution in [0.3, 0.4) is 0 Å². The van der Waals surface area contributed by atoms with Crippen molar-refractivity contribution in [2.45, 2.75) is 58.9 Å². The summed E-state index contributed by atoms with van der Waals surface area (Å²) in [6, 6.07) is 12.6. The van der Waals surface area contributed by atoms with Gasteiger partial charge in [-0.3, -0.25) is 0 Å². The minimum Gasteiger partial charge on any atom is -0.491 e. The molecule has 0 aliphatic carbocycles. The van der Waals surface area contributed by atoms with Gasteiger partial charge in [0.2, 0.25) is 0 Å². The number of thiazole rings is 2. The van der Waals surface area contributed by atoms with Crippen LogP contribution in [0.5, 0.6) is 5.75 Å².